The van der Waals surface area contributed by atoms with Gasteiger partial charge in [-0.1, -0.05) is 17.3 Å². The number of hydrogen-bond acceptors (Lipinski definition) is 8. The number of hydrogen-bond donors (Lipinski definition) is 3. The Morgan fingerprint density at radius 1 is 1.26 bits per heavy atom. The summed E-state index contributed by atoms with van der Waals surface area (Å²) >= 11 is 0. The van der Waals surface area contributed by atoms with Gasteiger partial charge in [-0.15, -0.1) is 0 Å². The summed E-state index contributed by atoms with van der Waals surface area (Å²) in [6.45, 7) is 1.53. The first-order valence-corrected chi connectivity index (χ1v) is 10.1. The van der Waals surface area contributed by atoms with Crippen molar-refractivity contribution in [2.24, 2.45) is 5.73 Å². The van der Waals surface area contributed by atoms with Crippen LogP contribution in [0.15, 0.2) is 41.2 Å². The van der Waals surface area contributed by atoms with Crippen LogP contribution in [0, 0.1) is 17.0 Å². The highest BCUT2D eigenvalue weighted by atomic mass is 19.1. The zero-order valence-electron chi connectivity index (χ0n) is 18.4. The minimum Gasteiger partial charge on any atom is -0.497 e. The molecule has 4 N–H and O–H groups in total. The molecule has 0 aliphatic carbocycles. The van der Waals surface area contributed by atoms with Gasteiger partial charge in [0.25, 0.3) is 5.91 Å². The first kappa shape index (κ1) is 24.6. The molecule has 12 heteroatoms. The average Bonchev–Trinajstić information content (AvgIpc) is 3.34. The number of methoxy groups -OCH3 is 1. The third kappa shape index (κ3) is 5.84. The fourth-order valence-electron chi connectivity index (χ4n) is 3.06. The Kier molecular flexibility index (Phi) is 8.09. The lowest BCUT2D eigenvalue weighted by molar-refractivity contribution is -0.133. The van der Waals surface area contributed by atoms with Gasteiger partial charge in [0.05, 0.1) is 12.7 Å². The summed E-state index contributed by atoms with van der Waals surface area (Å²) in [4.78, 5) is 16.7. The molecular formula is C22H23F2N5O5. The maximum atomic E-state index is 14.6. The van der Waals surface area contributed by atoms with Gasteiger partial charge in [0, 0.05) is 36.4 Å². The summed E-state index contributed by atoms with van der Waals surface area (Å²) in [6, 6.07) is 6.65. The zero-order chi connectivity index (χ0) is 24.7. The minimum atomic E-state index is -1.53. The van der Waals surface area contributed by atoms with Crippen LogP contribution in [-0.4, -0.2) is 35.6 Å². The molecule has 3 aromatic rings. The molecule has 0 radical (unpaired) electrons. The smallest absolute Gasteiger partial charge is 0.254 e. The molecule has 34 heavy (non-hydrogen) atoms. The molecule has 0 saturated carbocycles. The first-order valence-electron chi connectivity index (χ1n) is 10.1. The van der Waals surface area contributed by atoms with Crippen LogP contribution in [-0.2, 0) is 22.7 Å². The Morgan fingerprint density at radius 3 is 2.59 bits per heavy atom. The van der Waals surface area contributed by atoms with Crippen molar-refractivity contribution >= 4 is 11.7 Å². The Balaban J connectivity index is 1.80. The fraction of sp³-hybridized carbons (Fsp3) is 0.273. The third-order valence-electron chi connectivity index (χ3n) is 4.72. The van der Waals surface area contributed by atoms with Crippen molar-refractivity contribution in [2.75, 3.05) is 13.7 Å². The second-order valence-electron chi connectivity index (χ2n) is 6.93. The number of nitrogens with zero attached hydrogens (tertiary/aromatic N) is 2. The van der Waals surface area contributed by atoms with Crippen LogP contribution in [0.2, 0.25) is 0 Å². The van der Waals surface area contributed by atoms with Crippen molar-refractivity contribution in [1.29, 1.82) is 5.41 Å². The summed E-state index contributed by atoms with van der Waals surface area (Å²) < 4.78 is 49.7. The van der Waals surface area contributed by atoms with E-state index in [0.29, 0.717) is 16.9 Å². The van der Waals surface area contributed by atoms with Crippen LogP contribution in [0.1, 0.15) is 35.5 Å². The van der Waals surface area contributed by atoms with Gasteiger partial charge in [-0.05, 0) is 13.0 Å². The number of amides is 1. The lowest BCUT2D eigenvalue weighted by Crippen LogP contribution is -2.32. The SMILES string of the molecule is CCOC(C(=O)NCc1ccc(C(=N)N)cc1OCc1ncon1)c1c(F)cc(OC)cc1F. The van der Waals surface area contributed by atoms with Crippen molar-refractivity contribution in [3.05, 3.63) is 70.9 Å². The summed E-state index contributed by atoms with van der Waals surface area (Å²) in [5, 5.41) is 13.9. The van der Waals surface area contributed by atoms with Crippen LogP contribution < -0.4 is 20.5 Å². The average molecular weight is 475 g/mol. The second kappa shape index (κ2) is 11.2. The van der Waals surface area contributed by atoms with Crippen LogP contribution in [0.25, 0.3) is 0 Å². The fourth-order valence-corrected chi connectivity index (χ4v) is 3.06. The highest BCUT2D eigenvalue weighted by Crippen LogP contribution is 2.29. The van der Waals surface area contributed by atoms with Gasteiger partial charge in [-0.25, -0.2) is 8.78 Å². The number of nitrogen functional groups attached to an aromatic ring is 1. The first-order chi connectivity index (χ1) is 16.3. The van der Waals surface area contributed by atoms with Crippen molar-refractivity contribution in [1.82, 2.24) is 15.5 Å². The molecule has 0 aliphatic rings. The monoisotopic (exact) mass is 475 g/mol. The quantitative estimate of drug-likeness (QED) is 0.283. The van der Waals surface area contributed by atoms with E-state index in [0.717, 1.165) is 18.5 Å². The number of rotatable bonds is 11. The number of carbonyl (C=O) groups is 1. The van der Waals surface area contributed by atoms with Gasteiger partial charge >= 0.3 is 0 Å². The molecule has 1 unspecified atom stereocenters. The molecule has 0 saturated heterocycles. The Bertz CT molecular complexity index is 1130. The van der Waals surface area contributed by atoms with E-state index in [-0.39, 0.29) is 37.2 Å². The molecular weight excluding hydrogens is 452 g/mol. The maximum absolute atomic E-state index is 14.6. The molecule has 0 fully saturated rings. The molecule has 0 aliphatic heterocycles. The van der Waals surface area contributed by atoms with Crippen molar-refractivity contribution in [3.63, 3.8) is 0 Å². The minimum absolute atomic E-state index is 0.0247. The predicted octanol–water partition coefficient (Wildman–Crippen LogP) is 2.61. The van der Waals surface area contributed by atoms with E-state index < -0.39 is 29.2 Å². The van der Waals surface area contributed by atoms with E-state index in [1.165, 1.54) is 13.2 Å². The van der Waals surface area contributed by atoms with E-state index in [2.05, 4.69) is 20.0 Å². The molecule has 1 amide bonds. The molecule has 1 heterocycles. The Morgan fingerprint density at radius 2 is 2.00 bits per heavy atom. The number of nitrogens with one attached hydrogen (secondary N) is 2. The second-order valence-corrected chi connectivity index (χ2v) is 6.93. The van der Waals surface area contributed by atoms with Crippen molar-refractivity contribution in [3.8, 4) is 11.5 Å². The van der Waals surface area contributed by atoms with Gasteiger partial charge < -0.3 is 29.8 Å². The molecule has 1 aromatic heterocycles. The third-order valence-corrected chi connectivity index (χ3v) is 4.72. The summed E-state index contributed by atoms with van der Waals surface area (Å²) in [6.07, 6.45) is -0.381. The van der Waals surface area contributed by atoms with Crippen LogP contribution in [0.3, 0.4) is 0 Å². The predicted molar refractivity (Wildman–Crippen MR) is 115 cm³/mol. The molecule has 0 bridgehead atoms. The van der Waals surface area contributed by atoms with E-state index in [1.54, 1.807) is 19.1 Å². The van der Waals surface area contributed by atoms with Crippen LogP contribution in [0.4, 0.5) is 8.78 Å². The van der Waals surface area contributed by atoms with Gasteiger partial charge in [0.1, 0.15) is 29.0 Å². The summed E-state index contributed by atoms with van der Waals surface area (Å²) in [5.41, 5.74) is 5.93. The van der Waals surface area contributed by atoms with Gasteiger partial charge in [-0.2, -0.15) is 4.98 Å². The van der Waals surface area contributed by atoms with Crippen LogP contribution in [0.5, 0.6) is 11.5 Å². The topological polar surface area (TPSA) is 146 Å². The number of amidine groups is 1. The van der Waals surface area contributed by atoms with Gasteiger partial charge in [-0.3, -0.25) is 10.2 Å². The van der Waals surface area contributed by atoms with Gasteiger partial charge in [0.15, 0.2) is 12.7 Å². The Hall–Kier alpha value is -4.06. The molecule has 2 aromatic carbocycles. The molecule has 1 atom stereocenters. The highest BCUT2D eigenvalue weighted by molar-refractivity contribution is 5.95. The zero-order valence-corrected chi connectivity index (χ0v) is 18.4. The normalized spacial score (nSPS) is 11.6. The Labute approximate surface area is 193 Å². The molecule has 3 rings (SSSR count). The number of ether oxygens (including phenoxy) is 3. The number of carbonyl (C=O) groups excluding carboxylic acids is 1. The van der Waals surface area contributed by atoms with Crippen LogP contribution >= 0.6 is 0 Å². The van der Waals surface area contributed by atoms with Crippen molar-refractivity contribution < 1.29 is 32.3 Å². The van der Waals surface area contributed by atoms with E-state index in [9.17, 15) is 13.6 Å². The van der Waals surface area contributed by atoms with Crippen molar-refractivity contribution in [2.45, 2.75) is 26.2 Å². The largest absolute Gasteiger partial charge is 0.497 e. The number of aromatic nitrogens is 2. The number of halogens is 2. The lowest BCUT2D eigenvalue weighted by Gasteiger charge is -2.20. The summed E-state index contributed by atoms with van der Waals surface area (Å²) in [5.74, 6) is -2.33. The standard InChI is InChI=1S/C22H23F2N5O5/c1-3-32-20(19-15(23)7-14(31-2)8-16(19)24)22(30)27-9-13-5-4-12(21(25)26)6-17(13)33-10-18-28-11-34-29-18/h4-8,11,20H,3,9-10H2,1-2H3,(H3,25,26)(H,27,30). The molecule has 10 nitrogen and oxygen atoms in total. The van der Waals surface area contributed by atoms with E-state index >= 15 is 0 Å². The maximum Gasteiger partial charge on any atom is 0.254 e. The van der Waals surface area contributed by atoms with E-state index in [1.807, 2.05) is 0 Å². The lowest BCUT2D eigenvalue weighted by atomic mass is 10.1. The van der Waals surface area contributed by atoms with E-state index in [4.69, 9.17) is 25.4 Å². The number of nitrogens with two attached hydrogens (primary N) is 1. The molecule has 180 valence electrons. The van der Waals surface area contributed by atoms with Gasteiger partial charge in [0.2, 0.25) is 12.2 Å². The highest BCUT2D eigenvalue weighted by Gasteiger charge is 2.28. The molecule has 0 spiro atoms. The number of benzene rings is 2. The summed E-state index contributed by atoms with van der Waals surface area (Å²) in [7, 11) is 1.27.